The zero-order valence-electron chi connectivity index (χ0n) is 14.0. The molecule has 3 rings (SSSR count). The van der Waals surface area contributed by atoms with E-state index in [0.717, 1.165) is 0 Å². The highest BCUT2D eigenvalue weighted by Gasteiger charge is 2.19. The van der Waals surface area contributed by atoms with Crippen LogP contribution in [0, 0.1) is 11.3 Å². The van der Waals surface area contributed by atoms with E-state index in [1.165, 1.54) is 12.1 Å². The molecule has 2 aromatic rings. The van der Waals surface area contributed by atoms with E-state index < -0.39 is 18.4 Å². The van der Waals surface area contributed by atoms with Crippen LogP contribution in [0.5, 0.6) is 0 Å². The zero-order chi connectivity index (χ0) is 19.4. The van der Waals surface area contributed by atoms with Crippen molar-refractivity contribution in [2.24, 2.45) is 4.99 Å². The molecule has 134 valence electrons. The van der Waals surface area contributed by atoms with Crippen molar-refractivity contribution in [1.29, 1.82) is 5.26 Å². The normalized spacial score (nSPS) is 12.7. The van der Waals surface area contributed by atoms with Gasteiger partial charge in [0, 0.05) is 5.56 Å². The predicted octanol–water partition coefficient (Wildman–Crippen LogP) is 1.84. The minimum Gasteiger partial charge on any atom is -0.480 e. The van der Waals surface area contributed by atoms with Gasteiger partial charge >= 0.3 is 5.97 Å². The number of carboxylic acids is 1. The highest BCUT2D eigenvalue weighted by Crippen LogP contribution is 2.30. The summed E-state index contributed by atoms with van der Waals surface area (Å²) in [7, 11) is 0. The van der Waals surface area contributed by atoms with Gasteiger partial charge in [-0.05, 0) is 35.9 Å². The third-order valence-electron chi connectivity index (χ3n) is 3.84. The van der Waals surface area contributed by atoms with Gasteiger partial charge in [-0.1, -0.05) is 12.1 Å². The maximum atomic E-state index is 12.2. The number of carbonyl (C=O) groups is 3. The molecule has 0 aromatic heterocycles. The summed E-state index contributed by atoms with van der Waals surface area (Å²) in [6.45, 7) is -0.500. The van der Waals surface area contributed by atoms with Crippen LogP contribution < -0.4 is 10.6 Å². The number of aliphatic carboxylic acids is 1. The first-order valence-electron chi connectivity index (χ1n) is 7.98. The van der Waals surface area contributed by atoms with E-state index in [1.807, 2.05) is 0 Å². The third kappa shape index (κ3) is 4.16. The lowest BCUT2D eigenvalue weighted by molar-refractivity contribution is -0.135. The van der Waals surface area contributed by atoms with Gasteiger partial charge in [-0.2, -0.15) is 5.26 Å². The van der Waals surface area contributed by atoms with Crippen LogP contribution in [0.2, 0.25) is 0 Å². The monoisotopic (exact) mass is 362 g/mol. The molecule has 8 nitrogen and oxygen atoms in total. The molecule has 0 bridgehead atoms. The van der Waals surface area contributed by atoms with Crippen LogP contribution in [-0.2, 0) is 9.59 Å². The quantitative estimate of drug-likeness (QED) is 0.763. The van der Waals surface area contributed by atoms with Crippen molar-refractivity contribution < 1.29 is 19.5 Å². The highest BCUT2D eigenvalue weighted by atomic mass is 16.4. The topological polar surface area (TPSA) is 132 Å². The fraction of sp³-hybridized carbons (Fsp3) is 0.105. The molecule has 2 amide bonds. The number of hydrogen-bond donors (Lipinski definition) is 3. The number of amides is 2. The van der Waals surface area contributed by atoms with Gasteiger partial charge in [-0.15, -0.1) is 0 Å². The number of benzene rings is 2. The van der Waals surface area contributed by atoms with Crippen molar-refractivity contribution in [3.05, 3.63) is 59.2 Å². The molecule has 0 spiro atoms. The van der Waals surface area contributed by atoms with E-state index in [0.29, 0.717) is 28.2 Å². The molecule has 0 atom stereocenters. The lowest BCUT2D eigenvalue weighted by atomic mass is 10.0. The van der Waals surface area contributed by atoms with Crippen LogP contribution in [0.15, 0.2) is 47.5 Å². The minimum absolute atomic E-state index is 0.0180. The molecule has 0 fully saturated rings. The number of carbonyl (C=O) groups excluding carboxylic acids is 2. The second-order valence-corrected chi connectivity index (χ2v) is 5.78. The summed E-state index contributed by atoms with van der Waals surface area (Å²) in [6, 6.07) is 13.4. The van der Waals surface area contributed by atoms with Crippen molar-refractivity contribution in [3.63, 3.8) is 0 Å². The van der Waals surface area contributed by atoms with E-state index in [1.54, 1.807) is 30.3 Å². The van der Waals surface area contributed by atoms with Crippen LogP contribution in [0.4, 0.5) is 11.4 Å². The summed E-state index contributed by atoms with van der Waals surface area (Å²) >= 11 is 0. The van der Waals surface area contributed by atoms with Gasteiger partial charge in [-0.3, -0.25) is 19.4 Å². The van der Waals surface area contributed by atoms with Gasteiger partial charge in [0.25, 0.3) is 5.91 Å². The van der Waals surface area contributed by atoms with Crippen molar-refractivity contribution in [2.45, 2.75) is 6.42 Å². The number of carboxylic acid groups (broad SMARTS) is 1. The Bertz CT molecular complexity index is 1020. The molecule has 0 unspecified atom stereocenters. The molecule has 0 aliphatic carbocycles. The maximum Gasteiger partial charge on any atom is 0.322 e. The second kappa shape index (κ2) is 7.49. The molecule has 27 heavy (non-hydrogen) atoms. The van der Waals surface area contributed by atoms with Gasteiger partial charge in [0.15, 0.2) is 0 Å². The van der Waals surface area contributed by atoms with Gasteiger partial charge in [0.1, 0.15) is 6.54 Å². The first-order chi connectivity index (χ1) is 13.0. The molecule has 0 radical (unpaired) electrons. The number of rotatable bonds is 4. The van der Waals surface area contributed by atoms with E-state index in [2.05, 4.69) is 21.7 Å². The summed E-state index contributed by atoms with van der Waals surface area (Å²) in [5, 5.41) is 22.6. The minimum atomic E-state index is -1.15. The smallest absolute Gasteiger partial charge is 0.322 e. The van der Waals surface area contributed by atoms with Crippen molar-refractivity contribution in [1.82, 2.24) is 5.32 Å². The summed E-state index contributed by atoms with van der Waals surface area (Å²) in [6.07, 6.45) is 0.0180. The lowest BCUT2D eigenvalue weighted by Gasteiger charge is -2.08. The number of nitrogens with zero attached hydrogens (tertiary/aromatic N) is 2. The third-order valence-corrected chi connectivity index (χ3v) is 3.84. The molecule has 3 N–H and O–H groups in total. The Kier molecular flexibility index (Phi) is 4.95. The van der Waals surface area contributed by atoms with Gasteiger partial charge < -0.3 is 15.7 Å². The average molecular weight is 362 g/mol. The fourth-order valence-corrected chi connectivity index (χ4v) is 2.60. The Morgan fingerprint density at radius 1 is 1.26 bits per heavy atom. The van der Waals surface area contributed by atoms with Crippen LogP contribution in [0.25, 0.3) is 0 Å². The Balaban J connectivity index is 1.95. The molecule has 8 heteroatoms. The van der Waals surface area contributed by atoms with Crippen LogP contribution in [0.1, 0.15) is 27.9 Å². The Morgan fingerprint density at radius 2 is 2.07 bits per heavy atom. The second-order valence-electron chi connectivity index (χ2n) is 5.78. The van der Waals surface area contributed by atoms with Crippen molar-refractivity contribution >= 4 is 34.9 Å². The first-order valence-corrected chi connectivity index (χ1v) is 7.98. The summed E-state index contributed by atoms with van der Waals surface area (Å²) in [4.78, 5) is 39.3. The molecular weight excluding hydrogens is 348 g/mol. The van der Waals surface area contributed by atoms with E-state index in [4.69, 9.17) is 10.4 Å². The average Bonchev–Trinajstić information content (AvgIpc) is 2.83. The molecule has 1 heterocycles. The molecule has 0 saturated heterocycles. The first kappa shape index (κ1) is 17.8. The van der Waals surface area contributed by atoms with E-state index in [-0.39, 0.29) is 17.9 Å². The van der Waals surface area contributed by atoms with E-state index in [9.17, 15) is 14.4 Å². The Morgan fingerprint density at radius 3 is 2.81 bits per heavy atom. The summed E-state index contributed by atoms with van der Waals surface area (Å²) in [5.74, 6) is -2.03. The van der Waals surface area contributed by atoms with Crippen LogP contribution in [-0.4, -0.2) is 35.1 Å². The summed E-state index contributed by atoms with van der Waals surface area (Å²) in [5.41, 5.74) is 2.67. The fourth-order valence-electron chi connectivity index (χ4n) is 2.60. The van der Waals surface area contributed by atoms with Crippen molar-refractivity contribution in [3.8, 4) is 6.07 Å². The SMILES string of the molecule is N#Cc1cccc(C2=Nc3ccc(C(=O)NCC(=O)O)cc3NC(=O)C2)c1. The lowest BCUT2D eigenvalue weighted by Crippen LogP contribution is -2.29. The standard InChI is InChI=1S/C19H14N4O4/c20-9-11-2-1-3-12(6-11)15-8-17(24)23-16-7-13(4-5-14(16)22-15)19(27)21-10-18(25)26/h1-7H,8,10H2,(H,21,27)(H,23,24)(H,25,26). The van der Waals surface area contributed by atoms with Crippen LogP contribution in [0.3, 0.4) is 0 Å². The zero-order valence-corrected chi connectivity index (χ0v) is 14.0. The van der Waals surface area contributed by atoms with E-state index >= 15 is 0 Å². The van der Waals surface area contributed by atoms with Crippen molar-refractivity contribution in [2.75, 3.05) is 11.9 Å². The molecule has 2 aromatic carbocycles. The highest BCUT2D eigenvalue weighted by molar-refractivity contribution is 6.17. The van der Waals surface area contributed by atoms with Crippen LogP contribution >= 0.6 is 0 Å². The number of fused-ring (bicyclic) bond motifs is 1. The summed E-state index contributed by atoms with van der Waals surface area (Å²) < 4.78 is 0. The molecule has 1 aliphatic rings. The molecule has 0 saturated carbocycles. The Hall–Kier alpha value is -3.99. The molecular formula is C19H14N4O4. The van der Waals surface area contributed by atoms with Gasteiger partial charge in [-0.25, -0.2) is 0 Å². The Labute approximate surface area is 154 Å². The largest absolute Gasteiger partial charge is 0.480 e. The molecule has 1 aliphatic heterocycles. The maximum absolute atomic E-state index is 12.2. The number of hydrogen-bond acceptors (Lipinski definition) is 5. The predicted molar refractivity (Wildman–Crippen MR) is 97.0 cm³/mol. The number of nitrogens with one attached hydrogen (secondary N) is 2. The van der Waals surface area contributed by atoms with Gasteiger partial charge in [0.05, 0.1) is 35.1 Å². The number of nitriles is 1. The number of aliphatic imine (C=N–C) groups is 1. The number of anilines is 1. The van der Waals surface area contributed by atoms with Gasteiger partial charge in [0.2, 0.25) is 5.91 Å².